The molecule has 25 heavy (non-hydrogen) atoms. The Morgan fingerprint density at radius 2 is 2.20 bits per heavy atom. The summed E-state index contributed by atoms with van der Waals surface area (Å²) in [6, 6.07) is 9.98. The standard InChI is InChI=1S/C19H24N4O2/c1-15(19(24)23-10-7-16-5-2-3-6-18(16)23)21-11-12-25-17(13-21)14-22-9-4-8-20-22/h2-6,8-9,15,17H,7,10-14H2,1H3/t15-,17+/m0/s1. The fraction of sp³-hybridized carbons (Fsp3) is 0.474. The SMILES string of the molecule is C[C@@H](C(=O)N1CCc2ccccc21)N1CCO[C@@H](Cn2cccn2)C1. The topological polar surface area (TPSA) is 50.6 Å². The van der Waals surface area contributed by atoms with E-state index in [1.165, 1.54) is 5.56 Å². The smallest absolute Gasteiger partial charge is 0.244 e. The van der Waals surface area contributed by atoms with Gasteiger partial charge in [0.15, 0.2) is 0 Å². The Morgan fingerprint density at radius 1 is 1.32 bits per heavy atom. The van der Waals surface area contributed by atoms with Crippen LogP contribution < -0.4 is 4.90 Å². The van der Waals surface area contributed by atoms with Gasteiger partial charge in [0.25, 0.3) is 0 Å². The number of aromatic nitrogens is 2. The Kier molecular flexibility index (Phi) is 4.55. The van der Waals surface area contributed by atoms with Gasteiger partial charge >= 0.3 is 0 Å². The van der Waals surface area contributed by atoms with Gasteiger partial charge in [-0.1, -0.05) is 18.2 Å². The number of para-hydroxylation sites is 1. The third-order valence-corrected chi connectivity index (χ3v) is 5.18. The Labute approximate surface area is 148 Å². The number of benzene rings is 1. The van der Waals surface area contributed by atoms with Crippen molar-refractivity contribution >= 4 is 11.6 Å². The fourth-order valence-corrected chi connectivity index (χ4v) is 3.77. The summed E-state index contributed by atoms with van der Waals surface area (Å²) < 4.78 is 7.75. The summed E-state index contributed by atoms with van der Waals surface area (Å²) >= 11 is 0. The van der Waals surface area contributed by atoms with Crippen LogP contribution in [0, 0.1) is 0 Å². The minimum absolute atomic E-state index is 0.0646. The summed E-state index contributed by atoms with van der Waals surface area (Å²) in [6.45, 7) is 5.71. The lowest BCUT2D eigenvalue weighted by atomic mass is 10.1. The lowest BCUT2D eigenvalue weighted by Gasteiger charge is -2.37. The van der Waals surface area contributed by atoms with Crippen molar-refractivity contribution < 1.29 is 9.53 Å². The zero-order valence-corrected chi connectivity index (χ0v) is 14.5. The molecule has 6 nitrogen and oxygen atoms in total. The third-order valence-electron chi connectivity index (χ3n) is 5.18. The van der Waals surface area contributed by atoms with Gasteiger partial charge in [0.1, 0.15) is 0 Å². The van der Waals surface area contributed by atoms with Crippen LogP contribution in [0.3, 0.4) is 0 Å². The maximum atomic E-state index is 13.1. The normalized spacial score (nSPS) is 22.0. The number of hydrogen-bond donors (Lipinski definition) is 0. The van der Waals surface area contributed by atoms with E-state index in [0.717, 1.165) is 38.3 Å². The second-order valence-electron chi connectivity index (χ2n) is 6.76. The first-order valence-electron chi connectivity index (χ1n) is 8.95. The second-order valence-corrected chi connectivity index (χ2v) is 6.76. The van der Waals surface area contributed by atoms with Crippen molar-refractivity contribution in [3.8, 4) is 0 Å². The first-order chi connectivity index (χ1) is 12.2. The molecule has 2 atom stereocenters. The van der Waals surface area contributed by atoms with E-state index in [-0.39, 0.29) is 18.1 Å². The quantitative estimate of drug-likeness (QED) is 0.848. The molecule has 0 unspecified atom stereocenters. The third kappa shape index (κ3) is 3.32. The van der Waals surface area contributed by atoms with Crippen LogP contribution in [-0.4, -0.2) is 59.0 Å². The van der Waals surface area contributed by atoms with Crippen LogP contribution in [0.2, 0.25) is 0 Å². The van der Waals surface area contributed by atoms with Crippen molar-refractivity contribution in [2.75, 3.05) is 31.1 Å². The number of carbonyl (C=O) groups is 1. The van der Waals surface area contributed by atoms with Crippen molar-refractivity contribution in [2.24, 2.45) is 0 Å². The molecule has 0 N–H and O–H groups in total. The number of hydrogen-bond acceptors (Lipinski definition) is 4. The van der Waals surface area contributed by atoms with Crippen LogP contribution in [-0.2, 0) is 22.5 Å². The minimum atomic E-state index is -0.143. The molecular formula is C19H24N4O2. The van der Waals surface area contributed by atoms with Crippen molar-refractivity contribution in [1.82, 2.24) is 14.7 Å². The number of anilines is 1. The van der Waals surface area contributed by atoms with Crippen molar-refractivity contribution in [2.45, 2.75) is 32.0 Å². The molecule has 0 saturated carbocycles. The molecule has 132 valence electrons. The van der Waals surface area contributed by atoms with E-state index < -0.39 is 0 Å². The van der Waals surface area contributed by atoms with Gasteiger partial charge in [-0.15, -0.1) is 0 Å². The predicted octanol–water partition coefficient (Wildman–Crippen LogP) is 1.56. The number of rotatable bonds is 4. The highest BCUT2D eigenvalue weighted by molar-refractivity contribution is 5.98. The fourth-order valence-electron chi connectivity index (χ4n) is 3.77. The van der Waals surface area contributed by atoms with E-state index in [9.17, 15) is 4.79 Å². The molecule has 0 radical (unpaired) electrons. The van der Waals surface area contributed by atoms with Gasteiger partial charge in [-0.05, 0) is 31.0 Å². The van der Waals surface area contributed by atoms with E-state index in [4.69, 9.17) is 4.74 Å². The van der Waals surface area contributed by atoms with E-state index in [2.05, 4.69) is 16.1 Å². The van der Waals surface area contributed by atoms with Gasteiger partial charge in [0.05, 0.1) is 25.3 Å². The molecule has 3 heterocycles. The summed E-state index contributed by atoms with van der Waals surface area (Å²) in [5, 5.41) is 4.25. The number of amides is 1. The maximum Gasteiger partial charge on any atom is 0.244 e. The number of ether oxygens (including phenoxy) is 1. The molecule has 1 saturated heterocycles. The van der Waals surface area contributed by atoms with E-state index >= 15 is 0 Å². The first kappa shape index (κ1) is 16.3. The van der Waals surface area contributed by atoms with Gasteiger partial charge in [-0.25, -0.2) is 0 Å². The molecule has 6 heteroatoms. The largest absolute Gasteiger partial charge is 0.374 e. The van der Waals surface area contributed by atoms with Crippen LogP contribution >= 0.6 is 0 Å². The van der Waals surface area contributed by atoms with E-state index in [1.54, 1.807) is 6.20 Å². The average Bonchev–Trinajstić information content (AvgIpc) is 3.30. The van der Waals surface area contributed by atoms with Gasteiger partial charge in [0.2, 0.25) is 5.91 Å². The summed E-state index contributed by atoms with van der Waals surface area (Å²) in [4.78, 5) is 17.2. The molecule has 1 amide bonds. The Balaban J connectivity index is 1.42. The highest BCUT2D eigenvalue weighted by Crippen LogP contribution is 2.28. The number of fused-ring (bicyclic) bond motifs is 1. The number of nitrogens with zero attached hydrogens (tertiary/aromatic N) is 4. The van der Waals surface area contributed by atoms with Crippen LogP contribution in [0.5, 0.6) is 0 Å². The van der Waals surface area contributed by atoms with Gasteiger partial charge < -0.3 is 9.64 Å². The molecule has 2 aromatic rings. The molecular weight excluding hydrogens is 316 g/mol. The Morgan fingerprint density at radius 3 is 3.04 bits per heavy atom. The summed E-state index contributed by atoms with van der Waals surface area (Å²) in [5.74, 6) is 0.185. The molecule has 0 bridgehead atoms. The van der Waals surface area contributed by atoms with Crippen LogP contribution in [0.15, 0.2) is 42.7 Å². The number of morpholine rings is 1. The molecule has 1 fully saturated rings. The lowest BCUT2D eigenvalue weighted by molar-refractivity contribution is -0.126. The number of carbonyl (C=O) groups excluding carboxylic acids is 1. The van der Waals surface area contributed by atoms with E-state index in [1.807, 2.05) is 47.0 Å². The zero-order valence-electron chi connectivity index (χ0n) is 14.5. The van der Waals surface area contributed by atoms with Crippen molar-refractivity contribution in [3.05, 3.63) is 48.3 Å². The first-order valence-corrected chi connectivity index (χ1v) is 8.95. The minimum Gasteiger partial charge on any atom is -0.374 e. The summed E-state index contributed by atoms with van der Waals surface area (Å²) in [7, 11) is 0. The summed E-state index contributed by atoms with van der Waals surface area (Å²) in [6.07, 6.45) is 4.73. The highest BCUT2D eigenvalue weighted by atomic mass is 16.5. The monoisotopic (exact) mass is 340 g/mol. The molecule has 4 rings (SSSR count). The highest BCUT2D eigenvalue weighted by Gasteiger charge is 2.33. The Hall–Kier alpha value is -2.18. The Bertz CT molecular complexity index is 731. The van der Waals surface area contributed by atoms with E-state index in [0.29, 0.717) is 6.61 Å². The lowest BCUT2D eigenvalue weighted by Crippen LogP contribution is -2.53. The predicted molar refractivity (Wildman–Crippen MR) is 95.5 cm³/mol. The molecule has 1 aromatic carbocycles. The van der Waals surface area contributed by atoms with Crippen LogP contribution in [0.1, 0.15) is 12.5 Å². The molecule has 0 aliphatic carbocycles. The van der Waals surface area contributed by atoms with Gasteiger partial charge in [0, 0.05) is 37.7 Å². The zero-order chi connectivity index (χ0) is 17.2. The molecule has 1 aromatic heterocycles. The molecule has 2 aliphatic rings. The van der Waals surface area contributed by atoms with Crippen LogP contribution in [0.25, 0.3) is 0 Å². The van der Waals surface area contributed by atoms with Gasteiger partial charge in [-0.3, -0.25) is 14.4 Å². The average molecular weight is 340 g/mol. The van der Waals surface area contributed by atoms with Gasteiger partial charge in [-0.2, -0.15) is 5.10 Å². The summed E-state index contributed by atoms with van der Waals surface area (Å²) in [5.41, 5.74) is 2.34. The molecule has 0 spiro atoms. The van der Waals surface area contributed by atoms with Crippen LogP contribution in [0.4, 0.5) is 5.69 Å². The second kappa shape index (κ2) is 6.98. The maximum absolute atomic E-state index is 13.1. The van der Waals surface area contributed by atoms with Crippen molar-refractivity contribution in [1.29, 1.82) is 0 Å². The molecule has 2 aliphatic heterocycles. The van der Waals surface area contributed by atoms with Crippen molar-refractivity contribution in [3.63, 3.8) is 0 Å².